The van der Waals surface area contributed by atoms with E-state index in [9.17, 15) is 14.9 Å². The van der Waals surface area contributed by atoms with E-state index in [1.165, 1.54) is 0 Å². The first-order chi connectivity index (χ1) is 20.4. The molecule has 0 radical (unpaired) electrons. The van der Waals surface area contributed by atoms with E-state index in [1.807, 2.05) is 27.9 Å². The molecule has 2 aliphatic rings. The van der Waals surface area contributed by atoms with Crippen molar-refractivity contribution in [3.05, 3.63) is 82.7 Å². The number of aromatic nitrogens is 2. The van der Waals surface area contributed by atoms with E-state index in [4.69, 9.17) is 5.26 Å². The van der Waals surface area contributed by atoms with E-state index in [0.29, 0.717) is 41.9 Å². The van der Waals surface area contributed by atoms with E-state index in [1.54, 1.807) is 49.5 Å². The molecule has 2 aliphatic heterocycles. The van der Waals surface area contributed by atoms with Gasteiger partial charge in [-0.2, -0.15) is 15.6 Å². The Morgan fingerprint density at radius 2 is 1.69 bits per heavy atom. The van der Waals surface area contributed by atoms with Gasteiger partial charge in [0.1, 0.15) is 0 Å². The maximum absolute atomic E-state index is 12.9. The molecule has 2 aromatic carbocycles. The lowest BCUT2D eigenvalue weighted by Gasteiger charge is -2.35. The minimum Gasteiger partial charge on any atom is -0.371 e. The smallest absolute Gasteiger partial charge is 0.256 e. The summed E-state index contributed by atoms with van der Waals surface area (Å²) < 4.78 is 1.94. The van der Waals surface area contributed by atoms with Gasteiger partial charge in [0.25, 0.3) is 11.8 Å². The SMILES string of the molecule is CN(C)C(=O)c1cnn(C2CCCN(c3ccc(C#N)c(CN4CCN(C(=O)c5ccc(C#N)cc5)CC4)c3)CC2)c1. The molecule has 0 bridgehead atoms. The third-order valence-corrected chi connectivity index (χ3v) is 8.22. The minimum atomic E-state index is -0.0408. The molecule has 1 aromatic heterocycles. The fourth-order valence-corrected chi connectivity index (χ4v) is 5.74. The lowest BCUT2D eigenvalue weighted by Crippen LogP contribution is -2.48. The molecule has 0 saturated carbocycles. The van der Waals surface area contributed by atoms with Crippen molar-refractivity contribution in [3.63, 3.8) is 0 Å². The van der Waals surface area contributed by atoms with Gasteiger partial charge in [0, 0.05) is 77.4 Å². The summed E-state index contributed by atoms with van der Waals surface area (Å²) in [7, 11) is 3.49. The Kier molecular flexibility index (Phi) is 8.85. The first kappa shape index (κ1) is 28.8. The lowest BCUT2D eigenvalue weighted by atomic mass is 10.1. The average molecular weight is 565 g/mol. The first-order valence-corrected chi connectivity index (χ1v) is 14.4. The second kappa shape index (κ2) is 12.9. The highest BCUT2D eigenvalue weighted by molar-refractivity contribution is 5.94. The zero-order valence-electron chi connectivity index (χ0n) is 24.2. The van der Waals surface area contributed by atoms with Gasteiger partial charge in [-0.15, -0.1) is 0 Å². The van der Waals surface area contributed by atoms with Crippen LogP contribution in [-0.2, 0) is 6.54 Å². The molecule has 2 fully saturated rings. The van der Waals surface area contributed by atoms with Gasteiger partial charge < -0.3 is 14.7 Å². The van der Waals surface area contributed by atoms with E-state index in [2.05, 4.69) is 33.1 Å². The zero-order valence-corrected chi connectivity index (χ0v) is 24.2. The summed E-state index contributed by atoms with van der Waals surface area (Å²) in [6.07, 6.45) is 6.43. The molecule has 42 heavy (non-hydrogen) atoms. The normalized spacial score (nSPS) is 17.7. The highest BCUT2D eigenvalue weighted by Gasteiger charge is 2.24. The van der Waals surface area contributed by atoms with Crippen LogP contribution in [0.4, 0.5) is 5.69 Å². The number of rotatable bonds is 6. The van der Waals surface area contributed by atoms with Gasteiger partial charge >= 0.3 is 0 Å². The van der Waals surface area contributed by atoms with Crippen molar-refractivity contribution in [1.29, 1.82) is 10.5 Å². The fourth-order valence-electron chi connectivity index (χ4n) is 5.74. The van der Waals surface area contributed by atoms with Crippen LogP contribution in [0.3, 0.4) is 0 Å². The summed E-state index contributed by atoms with van der Waals surface area (Å²) >= 11 is 0. The summed E-state index contributed by atoms with van der Waals surface area (Å²) in [5.41, 5.74) is 4.53. The van der Waals surface area contributed by atoms with Gasteiger partial charge in [0.05, 0.1) is 41.1 Å². The number of carbonyl (C=O) groups is 2. The molecule has 2 amide bonds. The monoisotopic (exact) mass is 564 g/mol. The van der Waals surface area contributed by atoms with Crippen LogP contribution in [0.2, 0.25) is 0 Å². The Hall–Kier alpha value is -4.67. The van der Waals surface area contributed by atoms with Crippen LogP contribution in [0, 0.1) is 22.7 Å². The van der Waals surface area contributed by atoms with Crippen LogP contribution in [0.5, 0.6) is 0 Å². The van der Waals surface area contributed by atoms with Gasteiger partial charge in [-0.1, -0.05) is 0 Å². The van der Waals surface area contributed by atoms with Gasteiger partial charge in [0.15, 0.2) is 0 Å². The summed E-state index contributed by atoms with van der Waals surface area (Å²) in [6.45, 7) is 5.12. The summed E-state index contributed by atoms with van der Waals surface area (Å²) in [5, 5.41) is 23.3. The summed E-state index contributed by atoms with van der Waals surface area (Å²) in [6, 6.07) is 17.5. The van der Waals surface area contributed by atoms with Crippen molar-refractivity contribution in [1.82, 2.24) is 24.5 Å². The number of nitriles is 2. The molecule has 2 saturated heterocycles. The Balaban J connectivity index is 1.20. The number of benzene rings is 2. The van der Waals surface area contributed by atoms with Crippen molar-refractivity contribution in [2.24, 2.45) is 0 Å². The molecule has 1 unspecified atom stereocenters. The predicted octanol–water partition coefficient (Wildman–Crippen LogP) is 3.52. The Labute approximate surface area is 246 Å². The predicted molar refractivity (Wildman–Crippen MR) is 159 cm³/mol. The highest BCUT2D eigenvalue weighted by atomic mass is 16.2. The molecular weight excluding hydrogens is 528 g/mol. The Morgan fingerprint density at radius 3 is 2.38 bits per heavy atom. The Morgan fingerprint density at radius 1 is 0.929 bits per heavy atom. The second-order valence-corrected chi connectivity index (χ2v) is 11.2. The average Bonchev–Trinajstić information content (AvgIpc) is 3.38. The van der Waals surface area contributed by atoms with Crippen LogP contribution in [0.25, 0.3) is 0 Å². The molecule has 216 valence electrons. The lowest BCUT2D eigenvalue weighted by molar-refractivity contribution is 0.0628. The molecule has 1 atom stereocenters. The topological polar surface area (TPSA) is 112 Å². The summed E-state index contributed by atoms with van der Waals surface area (Å²) in [4.78, 5) is 33.3. The summed E-state index contributed by atoms with van der Waals surface area (Å²) in [5.74, 6) is -0.0603. The molecule has 0 spiro atoms. The molecule has 3 heterocycles. The molecule has 10 nitrogen and oxygen atoms in total. The number of nitrogens with zero attached hydrogens (tertiary/aromatic N) is 8. The van der Waals surface area contributed by atoms with Gasteiger partial charge in [0.2, 0.25) is 0 Å². The third kappa shape index (κ3) is 6.45. The van der Waals surface area contributed by atoms with Crippen LogP contribution in [0.1, 0.15) is 62.7 Å². The van der Waals surface area contributed by atoms with Crippen LogP contribution in [0.15, 0.2) is 54.9 Å². The second-order valence-electron chi connectivity index (χ2n) is 11.2. The molecule has 0 N–H and O–H groups in total. The molecule has 5 rings (SSSR count). The van der Waals surface area contributed by atoms with Crippen molar-refractivity contribution in [3.8, 4) is 12.1 Å². The quantitative estimate of drug-likeness (QED) is 0.450. The van der Waals surface area contributed by atoms with Crippen molar-refractivity contribution in [2.75, 3.05) is 58.3 Å². The zero-order chi connectivity index (χ0) is 29.6. The maximum Gasteiger partial charge on any atom is 0.256 e. The number of hydrogen-bond acceptors (Lipinski definition) is 7. The highest BCUT2D eigenvalue weighted by Crippen LogP contribution is 2.28. The number of amides is 2. The minimum absolute atomic E-state index is 0.0195. The van der Waals surface area contributed by atoms with Crippen LogP contribution < -0.4 is 4.90 Å². The largest absolute Gasteiger partial charge is 0.371 e. The number of piperazine rings is 1. The molecule has 3 aromatic rings. The van der Waals surface area contributed by atoms with E-state index < -0.39 is 0 Å². The van der Waals surface area contributed by atoms with Gasteiger partial charge in [-0.05, 0) is 67.3 Å². The van der Waals surface area contributed by atoms with Gasteiger partial charge in [-0.3, -0.25) is 19.2 Å². The standard InChI is InChI=1S/C32H36N8O2/c1-36(2)31(41)28-21-35-40(23-28)29-4-3-12-38(13-11-29)30-10-9-26(20-34)27(18-30)22-37-14-16-39(17-15-37)32(42)25-7-5-24(19-33)6-8-25/h5-10,18,21,23,29H,3-4,11-17,22H2,1-2H3. The van der Waals surface area contributed by atoms with Crippen LogP contribution >= 0.6 is 0 Å². The maximum atomic E-state index is 12.9. The van der Waals surface area contributed by atoms with Crippen molar-refractivity contribution >= 4 is 17.5 Å². The molecular formula is C32H36N8O2. The fraction of sp³-hybridized carbons (Fsp3) is 0.406. The van der Waals surface area contributed by atoms with E-state index in [0.717, 1.165) is 56.7 Å². The number of carbonyl (C=O) groups excluding carboxylic acids is 2. The van der Waals surface area contributed by atoms with E-state index in [-0.39, 0.29) is 17.9 Å². The molecule has 0 aliphatic carbocycles. The van der Waals surface area contributed by atoms with Gasteiger partial charge in [-0.25, -0.2) is 0 Å². The number of hydrogen-bond donors (Lipinski definition) is 0. The van der Waals surface area contributed by atoms with Crippen molar-refractivity contribution in [2.45, 2.75) is 31.8 Å². The number of anilines is 1. The van der Waals surface area contributed by atoms with E-state index >= 15 is 0 Å². The van der Waals surface area contributed by atoms with Crippen LogP contribution in [-0.4, -0.2) is 89.7 Å². The third-order valence-electron chi connectivity index (χ3n) is 8.22. The molecule has 10 heteroatoms. The first-order valence-electron chi connectivity index (χ1n) is 14.4. The van der Waals surface area contributed by atoms with Crippen molar-refractivity contribution < 1.29 is 9.59 Å². The Bertz CT molecular complexity index is 1510.